The highest BCUT2D eigenvalue weighted by atomic mass is 32.2. The number of allylic oxidation sites excluding steroid dienone is 5. The number of thioether (sulfide) groups is 1. The molecule has 244 valence electrons. The second-order valence-electron chi connectivity index (χ2n) is 13.4. The van der Waals surface area contributed by atoms with Gasteiger partial charge in [-0.3, -0.25) is 4.99 Å². The molecule has 0 saturated carbocycles. The molecule has 7 aromatic rings. The zero-order valence-electron chi connectivity index (χ0n) is 28.6. The van der Waals surface area contributed by atoms with Crippen molar-refractivity contribution in [1.29, 1.82) is 0 Å². The van der Waals surface area contributed by atoms with Gasteiger partial charge in [-0.1, -0.05) is 163 Å². The predicted molar refractivity (Wildman–Crippen MR) is 221 cm³/mol. The van der Waals surface area contributed by atoms with Crippen LogP contribution in [0.1, 0.15) is 29.5 Å². The molecule has 0 bridgehead atoms. The quantitative estimate of drug-likeness (QED) is 0.121. The molecule has 0 fully saturated rings. The Morgan fingerprint density at radius 2 is 1.22 bits per heavy atom. The van der Waals surface area contributed by atoms with Gasteiger partial charge in [-0.2, -0.15) is 0 Å². The van der Waals surface area contributed by atoms with Crippen molar-refractivity contribution in [2.24, 2.45) is 4.99 Å². The zero-order chi connectivity index (χ0) is 34.1. The van der Waals surface area contributed by atoms with Crippen LogP contribution < -0.4 is 0 Å². The molecule has 2 aliphatic rings. The van der Waals surface area contributed by atoms with Gasteiger partial charge in [0.05, 0.1) is 6.54 Å². The largest absolute Gasteiger partial charge is 0.291 e. The molecule has 1 unspecified atom stereocenters. The Bertz CT molecular complexity index is 2570. The number of fused-ring (bicyclic) bond motifs is 6. The standard InChI is InChI=1S/C49H37NS/c1-2-3-4-5-12-37-13-10-19-44-47-32-50-31-46(49(47)51-48(37)44)42-17-9-16-40(29-42)39-15-8-14-38(28-39)33-20-22-34(23-21-33)41-27-26-36-25-24-35-11-6-7-18-43(35)45(36)30-41/h2-11,13-31,47H,12,32H2,1H3/b3-2-,5-4-. The Morgan fingerprint density at radius 3 is 2.00 bits per heavy atom. The van der Waals surface area contributed by atoms with Crippen LogP contribution in [0.25, 0.3) is 60.5 Å². The van der Waals surface area contributed by atoms with Crippen molar-refractivity contribution >= 4 is 45.1 Å². The predicted octanol–water partition coefficient (Wildman–Crippen LogP) is 13.4. The van der Waals surface area contributed by atoms with E-state index in [4.69, 9.17) is 4.99 Å². The summed E-state index contributed by atoms with van der Waals surface area (Å²) in [6.07, 6.45) is 11.6. The average molecular weight is 672 g/mol. The van der Waals surface area contributed by atoms with Crippen LogP contribution in [0, 0.1) is 0 Å². The third-order valence-electron chi connectivity index (χ3n) is 10.2. The van der Waals surface area contributed by atoms with E-state index in [1.54, 1.807) is 0 Å². The summed E-state index contributed by atoms with van der Waals surface area (Å²) in [5.74, 6) is 0.327. The van der Waals surface area contributed by atoms with Crippen molar-refractivity contribution in [2.45, 2.75) is 24.2 Å². The molecule has 0 amide bonds. The van der Waals surface area contributed by atoms with Crippen LogP contribution in [0.5, 0.6) is 0 Å². The van der Waals surface area contributed by atoms with Gasteiger partial charge in [-0.25, -0.2) is 0 Å². The second kappa shape index (κ2) is 13.5. The van der Waals surface area contributed by atoms with Crippen molar-refractivity contribution in [3.8, 4) is 33.4 Å². The van der Waals surface area contributed by atoms with E-state index in [9.17, 15) is 0 Å². The number of benzene rings is 7. The van der Waals surface area contributed by atoms with Crippen LogP contribution >= 0.6 is 11.8 Å². The summed E-state index contributed by atoms with van der Waals surface area (Å²) in [7, 11) is 0. The lowest BCUT2D eigenvalue weighted by molar-refractivity contribution is 0.830. The van der Waals surface area contributed by atoms with E-state index >= 15 is 0 Å². The molecule has 2 heteroatoms. The maximum Gasteiger partial charge on any atom is 0.0504 e. The molecule has 1 atom stereocenters. The fraction of sp³-hybridized carbons (Fsp3) is 0.0816. The third-order valence-corrected chi connectivity index (χ3v) is 11.7. The minimum absolute atomic E-state index is 0.327. The van der Waals surface area contributed by atoms with E-state index in [2.05, 4.69) is 183 Å². The monoisotopic (exact) mass is 671 g/mol. The van der Waals surface area contributed by atoms with Gasteiger partial charge in [-0.05, 0) is 103 Å². The Balaban J connectivity index is 0.996. The van der Waals surface area contributed by atoms with Crippen molar-refractivity contribution in [2.75, 3.05) is 6.54 Å². The fourth-order valence-corrected chi connectivity index (χ4v) is 9.06. The first kappa shape index (κ1) is 31.3. The molecular formula is C49H37NS. The molecule has 0 aliphatic carbocycles. The highest BCUT2D eigenvalue weighted by molar-refractivity contribution is 8.03. The molecule has 2 heterocycles. The summed E-state index contributed by atoms with van der Waals surface area (Å²) in [5.41, 5.74) is 12.6. The summed E-state index contributed by atoms with van der Waals surface area (Å²) in [4.78, 5) is 7.72. The summed E-state index contributed by atoms with van der Waals surface area (Å²) in [5, 5.41) is 5.14. The average Bonchev–Trinajstić information content (AvgIpc) is 3.59. The first-order valence-corrected chi connectivity index (χ1v) is 18.6. The van der Waals surface area contributed by atoms with Crippen LogP contribution in [-0.2, 0) is 6.42 Å². The molecule has 0 spiro atoms. The van der Waals surface area contributed by atoms with E-state index in [-0.39, 0.29) is 0 Å². The van der Waals surface area contributed by atoms with Crippen molar-refractivity contribution in [3.05, 3.63) is 191 Å². The van der Waals surface area contributed by atoms with Gasteiger partial charge < -0.3 is 0 Å². The lowest BCUT2D eigenvalue weighted by Crippen LogP contribution is -2.08. The molecule has 51 heavy (non-hydrogen) atoms. The van der Waals surface area contributed by atoms with Crippen LogP contribution in [0.3, 0.4) is 0 Å². The summed E-state index contributed by atoms with van der Waals surface area (Å²) < 4.78 is 0. The highest BCUT2D eigenvalue weighted by Crippen LogP contribution is 2.54. The third kappa shape index (κ3) is 5.96. The number of hydrogen-bond donors (Lipinski definition) is 0. The number of rotatable bonds is 7. The smallest absolute Gasteiger partial charge is 0.0504 e. The summed E-state index contributed by atoms with van der Waals surface area (Å²) in [6, 6.07) is 53.6. The van der Waals surface area contributed by atoms with Gasteiger partial charge in [0.25, 0.3) is 0 Å². The van der Waals surface area contributed by atoms with E-state index in [1.807, 2.05) is 11.8 Å². The Kier molecular flexibility index (Phi) is 8.31. The normalized spacial score (nSPS) is 15.4. The molecule has 0 aromatic heterocycles. The van der Waals surface area contributed by atoms with Crippen molar-refractivity contribution < 1.29 is 0 Å². The number of nitrogens with zero attached hydrogens (tertiary/aromatic N) is 1. The van der Waals surface area contributed by atoms with Crippen molar-refractivity contribution in [1.82, 2.24) is 0 Å². The Morgan fingerprint density at radius 1 is 0.588 bits per heavy atom. The van der Waals surface area contributed by atoms with Crippen LogP contribution in [0.2, 0.25) is 0 Å². The molecule has 2 aliphatic heterocycles. The van der Waals surface area contributed by atoms with Gasteiger partial charge in [0.2, 0.25) is 0 Å². The maximum absolute atomic E-state index is 4.89. The van der Waals surface area contributed by atoms with Crippen LogP contribution in [0.15, 0.2) is 185 Å². The molecule has 0 saturated heterocycles. The lowest BCUT2D eigenvalue weighted by Gasteiger charge is -2.19. The van der Waals surface area contributed by atoms with Crippen LogP contribution in [0.4, 0.5) is 0 Å². The molecular weight excluding hydrogens is 635 g/mol. The minimum atomic E-state index is 0.327. The molecule has 9 rings (SSSR count). The number of dihydropyridines is 1. The van der Waals surface area contributed by atoms with E-state index in [1.165, 1.54) is 87.0 Å². The van der Waals surface area contributed by atoms with Gasteiger partial charge >= 0.3 is 0 Å². The number of aliphatic imine (C=N–C) groups is 1. The molecule has 1 nitrogen and oxygen atoms in total. The fourth-order valence-electron chi connectivity index (χ4n) is 7.61. The molecule has 0 radical (unpaired) electrons. The lowest BCUT2D eigenvalue weighted by atomic mass is 9.90. The molecule has 7 aromatic carbocycles. The molecule has 0 N–H and O–H groups in total. The Labute approximate surface area is 304 Å². The first-order valence-electron chi connectivity index (χ1n) is 17.8. The second-order valence-corrected chi connectivity index (χ2v) is 14.4. The van der Waals surface area contributed by atoms with E-state index in [0.717, 1.165) is 13.0 Å². The van der Waals surface area contributed by atoms with E-state index < -0.39 is 0 Å². The topological polar surface area (TPSA) is 12.4 Å². The van der Waals surface area contributed by atoms with Gasteiger partial charge in [0, 0.05) is 27.5 Å². The Hall–Kier alpha value is -5.70. The summed E-state index contributed by atoms with van der Waals surface area (Å²) in [6.45, 7) is 2.87. The highest BCUT2D eigenvalue weighted by Gasteiger charge is 2.33. The van der Waals surface area contributed by atoms with Crippen LogP contribution in [-0.4, -0.2) is 12.8 Å². The van der Waals surface area contributed by atoms with Gasteiger partial charge in [0.15, 0.2) is 0 Å². The summed E-state index contributed by atoms with van der Waals surface area (Å²) >= 11 is 1.95. The van der Waals surface area contributed by atoms with Gasteiger partial charge in [-0.15, -0.1) is 0 Å². The maximum atomic E-state index is 4.89. The SMILES string of the molecule is C/C=C\C=C/Cc1cccc2c1SC1=C(c3cccc(-c4cccc(-c5ccc(-c6ccc7ccc8ccccc8c7c6)cc5)c4)c3)C=NCC12. The minimum Gasteiger partial charge on any atom is -0.291 e. The first-order chi connectivity index (χ1) is 25.2. The zero-order valence-corrected chi connectivity index (χ0v) is 29.4. The van der Waals surface area contributed by atoms with Gasteiger partial charge in [0.1, 0.15) is 0 Å². The van der Waals surface area contributed by atoms with Crippen molar-refractivity contribution in [3.63, 3.8) is 0 Å². The van der Waals surface area contributed by atoms with E-state index in [0.29, 0.717) is 5.92 Å². The number of hydrogen-bond acceptors (Lipinski definition) is 2.